The van der Waals surface area contributed by atoms with Crippen LogP contribution >= 0.6 is 11.3 Å². The lowest BCUT2D eigenvalue weighted by Crippen LogP contribution is -2.26. The molecular weight excluding hydrogens is 469 g/mol. The van der Waals surface area contributed by atoms with E-state index < -0.39 is 17.6 Å². The molecule has 5 rings (SSSR count). The average molecular weight is 488 g/mol. The molecule has 0 fully saturated rings. The summed E-state index contributed by atoms with van der Waals surface area (Å²) < 4.78 is 13.2. The van der Waals surface area contributed by atoms with Crippen molar-refractivity contribution in [3.63, 3.8) is 0 Å². The monoisotopic (exact) mass is 487 g/mol. The van der Waals surface area contributed by atoms with Gasteiger partial charge in [-0.25, -0.2) is 4.39 Å². The van der Waals surface area contributed by atoms with Crippen molar-refractivity contribution in [3.8, 4) is 0 Å². The number of allylic oxidation sites excluding steroid dienone is 1. The van der Waals surface area contributed by atoms with E-state index in [4.69, 9.17) is 5.73 Å². The molecule has 0 radical (unpaired) electrons. The predicted octanol–water partition coefficient (Wildman–Crippen LogP) is 4.42. The highest BCUT2D eigenvalue weighted by molar-refractivity contribution is 7.15. The molecule has 0 spiro atoms. The summed E-state index contributed by atoms with van der Waals surface area (Å²) in [5.74, 6) is -1.70. The molecule has 0 bridgehead atoms. The van der Waals surface area contributed by atoms with Gasteiger partial charge in [0.25, 0.3) is 17.7 Å². The number of carbonyl (C=O) groups excluding carboxylic acids is 3. The Balaban J connectivity index is 1.43. The molecule has 2 aromatic heterocycles. The van der Waals surface area contributed by atoms with Crippen molar-refractivity contribution in [2.75, 3.05) is 17.3 Å². The van der Waals surface area contributed by atoms with Gasteiger partial charge in [-0.2, -0.15) is 0 Å². The maximum atomic E-state index is 13.2. The van der Waals surface area contributed by atoms with E-state index in [-0.39, 0.29) is 17.3 Å². The highest BCUT2D eigenvalue weighted by Crippen LogP contribution is 2.31. The fraction of sp³-hybridized carbons (Fsp3) is 0.0400. The largest absolute Gasteiger partial charge is 0.365 e. The molecule has 8 nitrogen and oxygen atoms in total. The zero-order chi connectivity index (χ0) is 24.7. The number of primary amides is 1. The van der Waals surface area contributed by atoms with Crippen LogP contribution in [0.3, 0.4) is 0 Å². The van der Waals surface area contributed by atoms with Crippen LogP contribution in [0.1, 0.15) is 35.3 Å². The fourth-order valence-corrected chi connectivity index (χ4v) is 4.59. The summed E-state index contributed by atoms with van der Waals surface area (Å²) in [6.45, 7) is 0. The van der Waals surface area contributed by atoms with Crippen LogP contribution in [0.4, 0.5) is 15.9 Å². The molecule has 4 N–H and O–H groups in total. The van der Waals surface area contributed by atoms with Crippen LogP contribution in [0.15, 0.2) is 65.8 Å². The van der Waals surface area contributed by atoms with Crippen LogP contribution in [-0.2, 0) is 0 Å². The number of fused-ring (bicyclic) bond motifs is 1. The minimum atomic E-state index is -0.710. The van der Waals surface area contributed by atoms with Gasteiger partial charge >= 0.3 is 0 Å². The van der Waals surface area contributed by atoms with E-state index >= 15 is 0 Å². The Kier molecular flexibility index (Phi) is 5.50. The molecule has 2 aromatic carbocycles. The van der Waals surface area contributed by atoms with Crippen LogP contribution < -0.4 is 16.0 Å². The Morgan fingerprint density at radius 2 is 1.83 bits per heavy atom. The molecule has 1 aliphatic heterocycles. The summed E-state index contributed by atoms with van der Waals surface area (Å²) in [7, 11) is 1.59. The quantitative estimate of drug-likeness (QED) is 0.373. The first-order valence-electron chi connectivity index (χ1n) is 10.5. The fourth-order valence-electron chi connectivity index (χ4n) is 3.71. The number of H-pyrrole nitrogens is 1. The van der Waals surface area contributed by atoms with Gasteiger partial charge in [0.1, 0.15) is 11.6 Å². The molecule has 0 unspecified atom stereocenters. The number of halogens is 1. The van der Waals surface area contributed by atoms with Crippen LogP contribution in [-0.4, -0.2) is 36.0 Å². The number of amides is 3. The Labute approximate surface area is 202 Å². The van der Waals surface area contributed by atoms with Crippen LogP contribution in [0.5, 0.6) is 0 Å². The first kappa shape index (κ1) is 22.2. The third-order valence-electron chi connectivity index (χ3n) is 5.59. The summed E-state index contributed by atoms with van der Waals surface area (Å²) in [5.41, 5.74) is 8.06. The van der Waals surface area contributed by atoms with Crippen LogP contribution in [0.2, 0.25) is 0 Å². The second-order valence-electron chi connectivity index (χ2n) is 7.82. The van der Waals surface area contributed by atoms with Gasteiger partial charge in [0.15, 0.2) is 0 Å². The topological polar surface area (TPSA) is 121 Å². The highest BCUT2D eigenvalue weighted by atomic mass is 32.1. The predicted molar refractivity (Wildman–Crippen MR) is 135 cm³/mol. The highest BCUT2D eigenvalue weighted by Gasteiger charge is 2.22. The van der Waals surface area contributed by atoms with Crippen molar-refractivity contribution in [2.24, 2.45) is 10.7 Å². The van der Waals surface area contributed by atoms with Crippen molar-refractivity contribution in [3.05, 3.63) is 87.5 Å². The maximum absolute atomic E-state index is 13.2. The Morgan fingerprint density at radius 3 is 2.49 bits per heavy atom. The SMILES string of the molecule is CN(C(=O)c1ccc(F)cc1)c1ccc2c(C(N)=O)c(NC(=O)c3ccc(C4=CN=C4)s3)[nH]c2c1. The number of thiophene rings is 1. The summed E-state index contributed by atoms with van der Waals surface area (Å²) in [6.07, 6.45) is 3.43. The molecule has 0 saturated heterocycles. The van der Waals surface area contributed by atoms with E-state index in [1.54, 1.807) is 43.7 Å². The minimum Gasteiger partial charge on any atom is -0.365 e. The molecule has 4 aromatic rings. The Hall–Kier alpha value is -4.57. The molecule has 3 amide bonds. The lowest BCUT2D eigenvalue weighted by atomic mass is 10.1. The van der Waals surface area contributed by atoms with Gasteiger partial charge in [0.05, 0.1) is 10.4 Å². The van der Waals surface area contributed by atoms with E-state index in [1.807, 2.05) is 6.07 Å². The number of aromatic nitrogens is 1. The normalized spacial score (nSPS) is 12.2. The van der Waals surface area contributed by atoms with Crippen molar-refractivity contribution in [1.82, 2.24) is 4.98 Å². The summed E-state index contributed by atoms with van der Waals surface area (Å²) in [5, 5.41) is 3.24. The number of benzene rings is 2. The van der Waals surface area contributed by atoms with Gasteiger partial charge in [0, 0.05) is 52.1 Å². The molecular formula is C25H18FN5O3S. The van der Waals surface area contributed by atoms with Gasteiger partial charge in [-0.3, -0.25) is 19.4 Å². The average Bonchev–Trinajstić information content (AvgIpc) is 3.41. The number of nitrogens with one attached hydrogen (secondary N) is 2. The van der Waals surface area contributed by atoms with Gasteiger partial charge in [-0.15, -0.1) is 11.3 Å². The second-order valence-corrected chi connectivity index (χ2v) is 8.90. The summed E-state index contributed by atoms with van der Waals surface area (Å²) in [4.78, 5) is 47.6. The maximum Gasteiger partial charge on any atom is 0.266 e. The third kappa shape index (κ3) is 4.11. The van der Waals surface area contributed by atoms with Crippen molar-refractivity contribution in [2.45, 2.75) is 0 Å². The van der Waals surface area contributed by atoms with Gasteiger partial charge in [0.2, 0.25) is 0 Å². The lowest BCUT2D eigenvalue weighted by molar-refractivity contribution is 0.0987. The molecule has 3 heterocycles. The Morgan fingerprint density at radius 1 is 1.09 bits per heavy atom. The number of anilines is 2. The van der Waals surface area contributed by atoms with Crippen LogP contribution in [0.25, 0.3) is 16.5 Å². The van der Waals surface area contributed by atoms with Gasteiger partial charge < -0.3 is 20.9 Å². The number of aromatic amines is 1. The number of carbonyl (C=O) groups is 3. The Bertz CT molecular complexity index is 1570. The van der Waals surface area contributed by atoms with Crippen molar-refractivity contribution in [1.29, 1.82) is 0 Å². The molecule has 10 heteroatoms. The molecule has 1 aliphatic rings. The zero-order valence-electron chi connectivity index (χ0n) is 18.3. The van der Waals surface area contributed by atoms with Crippen molar-refractivity contribution >= 4 is 63.3 Å². The number of hydrogen-bond acceptors (Lipinski definition) is 5. The molecule has 0 aliphatic carbocycles. The summed E-state index contributed by atoms with van der Waals surface area (Å²) >= 11 is 1.30. The molecule has 0 atom stereocenters. The summed E-state index contributed by atoms with van der Waals surface area (Å²) in [6, 6.07) is 13.8. The third-order valence-corrected chi connectivity index (χ3v) is 6.72. The first-order valence-corrected chi connectivity index (χ1v) is 11.3. The number of rotatable bonds is 6. The number of nitrogens with zero attached hydrogens (tertiary/aromatic N) is 2. The van der Waals surface area contributed by atoms with E-state index in [0.717, 1.165) is 10.5 Å². The number of aliphatic imine (C=N–C) groups is 1. The molecule has 0 saturated carbocycles. The minimum absolute atomic E-state index is 0.137. The standard InChI is InChI=1S/C25H18FN5O3S/c1-31(25(34)13-2-4-15(26)5-3-13)16-6-7-17-18(10-16)29-23(21(17)22(27)32)30-24(33)20-9-8-19(35-20)14-11-28-12-14/h2-12,29H,1H3,(H2,27,32)(H,30,33). The second kappa shape index (κ2) is 8.65. The van der Waals surface area contributed by atoms with E-state index in [9.17, 15) is 18.8 Å². The number of hydrogen-bond donors (Lipinski definition) is 3. The van der Waals surface area contributed by atoms with E-state index in [0.29, 0.717) is 27.0 Å². The molecule has 35 heavy (non-hydrogen) atoms. The van der Waals surface area contributed by atoms with Crippen LogP contribution in [0, 0.1) is 5.82 Å². The van der Waals surface area contributed by atoms with Gasteiger partial charge in [-0.1, -0.05) is 0 Å². The van der Waals surface area contributed by atoms with Crippen molar-refractivity contribution < 1.29 is 18.8 Å². The van der Waals surface area contributed by atoms with E-state index in [2.05, 4.69) is 15.3 Å². The number of nitrogens with two attached hydrogens (primary N) is 1. The molecule has 174 valence electrons. The van der Waals surface area contributed by atoms with E-state index in [1.165, 1.54) is 40.5 Å². The zero-order valence-corrected chi connectivity index (χ0v) is 19.2. The van der Waals surface area contributed by atoms with Gasteiger partial charge in [-0.05, 0) is 54.6 Å². The lowest BCUT2D eigenvalue weighted by Gasteiger charge is -2.17. The first-order chi connectivity index (χ1) is 16.8. The smallest absolute Gasteiger partial charge is 0.266 e.